The summed E-state index contributed by atoms with van der Waals surface area (Å²) in [6.45, 7) is 0.219. The van der Waals surface area contributed by atoms with Crippen LogP contribution >= 0.6 is 11.3 Å². The SMILES string of the molecule is Nc1ccc(S(=O)(=O)NCCc2ccsc2)cc1[N+](=O)[O-]. The van der Waals surface area contributed by atoms with Crippen molar-refractivity contribution in [3.05, 3.63) is 50.7 Å². The molecule has 112 valence electrons. The maximum Gasteiger partial charge on any atom is 0.293 e. The lowest BCUT2D eigenvalue weighted by Crippen LogP contribution is -2.26. The zero-order chi connectivity index (χ0) is 15.5. The highest BCUT2D eigenvalue weighted by atomic mass is 32.2. The molecule has 0 bridgehead atoms. The van der Waals surface area contributed by atoms with Gasteiger partial charge < -0.3 is 5.73 Å². The van der Waals surface area contributed by atoms with E-state index in [0.29, 0.717) is 6.42 Å². The number of hydrogen-bond donors (Lipinski definition) is 2. The second-order valence-electron chi connectivity index (χ2n) is 4.26. The van der Waals surface area contributed by atoms with Gasteiger partial charge in [-0.15, -0.1) is 0 Å². The molecule has 0 aliphatic rings. The number of nitro benzene ring substituents is 1. The van der Waals surface area contributed by atoms with Crippen molar-refractivity contribution in [3.63, 3.8) is 0 Å². The highest BCUT2D eigenvalue weighted by Crippen LogP contribution is 2.24. The van der Waals surface area contributed by atoms with Crippen LogP contribution in [-0.4, -0.2) is 19.9 Å². The standard InChI is InChI=1S/C12H13N3O4S2/c13-11-2-1-10(7-12(11)15(16)17)21(18,19)14-5-3-9-4-6-20-8-9/h1-2,4,6-8,14H,3,5,13H2. The van der Waals surface area contributed by atoms with Crippen LogP contribution in [0.1, 0.15) is 5.56 Å². The van der Waals surface area contributed by atoms with Gasteiger partial charge in [0.15, 0.2) is 0 Å². The molecule has 1 heterocycles. The minimum Gasteiger partial charge on any atom is -0.393 e. The molecule has 9 heteroatoms. The molecule has 0 unspecified atom stereocenters. The molecule has 2 rings (SSSR count). The predicted molar refractivity (Wildman–Crippen MR) is 80.7 cm³/mol. The number of nitrogens with one attached hydrogen (secondary N) is 1. The van der Waals surface area contributed by atoms with E-state index >= 15 is 0 Å². The molecule has 1 aromatic carbocycles. The van der Waals surface area contributed by atoms with Gasteiger partial charge in [0.2, 0.25) is 10.0 Å². The Hall–Kier alpha value is -1.97. The second-order valence-corrected chi connectivity index (χ2v) is 6.80. The van der Waals surface area contributed by atoms with Crippen LogP contribution in [-0.2, 0) is 16.4 Å². The minimum absolute atomic E-state index is 0.0720. The largest absolute Gasteiger partial charge is 0.393 e. The van der Waals surface area contributed by atoms with Crippen LogP contribution < -0.4 is 10.5 Å². The molecule has 0 saturated heterocycles. The molecule has 0 aliphatic carbocycles. The molecule has 0 aliphatic heterocycles. The van der Waals surface area contributed by atoms with E-state index in [2.05, 4.69) is 4.72 Å². The molecule has 21 heavy (non-hydrogen) atoms. The first-order chi connectivity index (χ1) is 9.90. The summed E-state index contributed by atoms with van der Waals surface area (Å²) in [6.07, 6.45) is 0.555. The Morgan fingerprint density at radius 3 is 2.71 bits per heavy atom. The third-order valence-corrected chi connectivity index (χ3v) is 4.99. The van der Waals surface area contributed by atoms with Gasteiger partial charge in [0.25, 0.3) is 5.69 Å². The first-order valence-corrected chi connectivity index (χ1v) is 8.37. The Bertz CT molecular complexity index is 742. The van der Waals surface area contributed by atoms with Crippen LogP contribution in [0.25, 0.3) is 0 Å². The normalized spacial score (nSPS) is 11.4. The number of anilines is 1. The van der Waals surface area contributed by atoms with Gasteiger partial charge in [0.1, 0.15) is 5.69 Å². The van der Waals surface area contributed by atoms with E-state index in [9.17, 15) is 18.5 Å². The van der Waals surface area contributed by atoms with Crippen molar-refractivity contribution in [2.45, 2.75) is 11.3 Å². The maximum atomic E-state index is 12.1. The minimum atomic E-state index is -3.79. The van der Waals surface area contributed by atoms with E-state index in [0.717, 1.165) is 11.6 Å². The number of thiophene rings is 1. The van der Waals surface area contributed by atoms with Crippen LogP contribution in [0.3, 0.4) is 0 Å². The number of nitrogen functional groups attached to an aromatic ring is 1. The molecule has 0 saturated carbocycles. The van der Waals surface area contributed by atoms with Gasteiger partial charge in [-0.3, -0.25) is 10.1 Å². The van der Waals surface area contributed by atoms with E-state index < -0.39 is 20.6 Å². The average molecular weight is 327 g/mol. The van der Waals surface area contributed by atoms with Crippen molar-refractivity contribution in [2.75, 3.05) is 12.3 Å². The van der Waals surface area contributed by atoms with Crippen LogP contribution in [0.5, 0.6) is 0 Å². The predicted octanol–water partition coefficient (Wildman–Crippen LogP) is 1.76. The van der Waals surface area contributed by atoms with Gasteiger partial charge in [0.05, 0.1) is 9.82 Å². The smallest absolute Gasteiger partial charge is 0.293 e. The zero-order valence-electron chi connectivity index (χ0n) is 10.9. The molecule has 0 fully saturated rings. The Morgan fingerprint density at radius 2 is 2.10 bits per heavy atom. The lowest BCUT2D eigenvalue weighted by molar-refractivity contribution is -0.384. The van der Waals surface area contributed by atoms with E-state index in [4.69, 9.17) is 5.73 Å². The summed E-state index contributed by atoms with van der Waals surface area (Å²) in [5, 5.41) is 14.6. The molecular formula is C12H13N3O4S2. The summed E-state index contributed by atoms with van der Waals surface area (Å²) in [5.41, 5.74) is 5.98. The fourth-order valence-electron chi connectivity index (χ4n) is 1.70. The third kappa shape index (κ3) is 3.78. The fraction of sp³-hybridized carbons (Fsp3) is 0.167. The molecule has 1 aromatic heterocycles. The van der Waals surface area contributed by atoms with Crippen molar-refractivity contribution in [1.82, 2.24) is 4.72 Å². The number of hydrogen-bond acceptors (Lipinski definition) is 6. The van der Waals surface area contributed by atoms with Gasteiger partial charge in [-0.25, -0.2) is 13.1 Å². The summed E-state index contributed by atoms with van der Waals surface area (Å²) in [4.78, 5) is 9.90. The molecule has 0 atom stereocenters. The number of sulfonamides is 1. The van der Waals surface area contributed by atoms with Crippen molar-refractivity contribution in [2.24, 2.45) is 0 Å². The quantitative estimate of drug-likeness (QED) is 0.476. The molecule has 0 amide bonds. The molecule has 0 spiro atoms. The van der Waals surface area contributed by atoms with Crippen molar-refractivity contribution in [3.8, 4) is 0 Å². The molecular weight excluding hydrogens is 314 g/mol. The van der Waals surface area contributed by atoms with Crippen LogP contribution in [0, 0.1) is 10.1 Å². The number of nitrogens with two attached hydrogens (primary N) is 1. The van der Waals surface area contributed by atoms with Gasteiger partial charge in [0, 0.05) is 12.6 Å². The number of nitrogens with zero attached hydrogens (tertiary/aromatic N) is 1. The van der Waals surface area contributed by atoms with Gasteiger partial charge in [-0.05, 0) is 40.9 Å². The first-order valence-electron chi connectivity index (χ1n) is 5.95. The second kappa shape index (κ2) is 6.20. The number of nitro groups is 1. The summed E-state index contributed by atoms with van der Waals surface area (Å²) in [6, 6.07) is 5.33. The lowest BCUT2D eigenvalue weighted by Gasteiger charge is -2.07. The monoisotopic (exact) mass is 327 g/mol. The summed E-state index contributed by atoms with van der Waals surface area (Å²) < 4.78 is 26.6. The Kier molecular flexibility index (Phi) is 4.56. The topological polar surface area (TPSA) is 115 Å². The first kappa shape index (κ1) is 15.4. The summed E-state index contributed by atoms with van der Waals surface area (Å²) in [5.74, 6) is 0. The molecule has 0 radical (unpaired) electrons. The highest BCUT2D eigenvalue weighted by molar-refractivity contribution is 7.89. The van der Waals surface area contributed by atoms with Crippen LogP contribution in [0.2, 0.25) is 0 Å². The Morgan fingerprint density at radius 1 is 1.33 bits per heavy atom. The maximum absolute atomic E-state index is 12.1. The lowest BCUT2D eigenvalue weighted by atomic mass is 10.2. The molecule has 7 nitrogen and oxygen atoms in total. The van der Waals surface area contributed by atoms with Crippen molar-refractivity contribution >= 4 is 32.7 Å². The van der Waals surface area contributed by atoms with E-state index in [1.807, 2.05) is 16.8 Å². The fourth-order valence-corrected chi connectivity index (χ4v) is 3.45. The summed E-state index contributed by atoms with van der Waals surface area (Å²) in [7, 11) is -3.79. The van der Waals surface area contributed by atoms with Crippen molar-refractivity contribution in [1.29, 1.82) is 0 Å². The highest BCUT2D eigenvalue weighted by Gasteiger charge is 2.19. The number of rotatable bonds is 6. The van der Waals surface area contributed by atoms with E-state index in [1.54, 1.807) is 0 Å². The zero-order valence-corrected chi connectivity index (χ0v) is 12.5. The molecule has 2 aromatic rings. The number of benzene rings is 1. The Balaban J connectivity index is 2.12. The van der Waals surface area contributed by atoms with Gasteiger partial charge in [-0.1, -0.05) is 0 Å². The Labute approximate surface area is 125 Å². The van der Waals surface area contributed by atoms with Crippen LogP contribution in [0.15, 0.2) is 39.9 Å². The van der Waals surface area contributed by atoms with E-state index in [-0.39, 0.29) is 17.1 Å². The summed E-state index contributed by atoms with van der Waals surface area (Å²) >= 11 is 1.53. The van der Waals surface area contributed by atoms with Gasteiger partial charge in [-0.2, -0.15) is 11.3 Å². The van der Waals surface area contributed by atoms with Gasteiger partial charge >= 0.3 is 0 Å². The average Bonchev–Trinajstić information content (AvgIpc) is 2.91. The van der Waals surface area contributed by atoms with Crippen LogP contribution in [0.4, 0.5) is 11.4 Å². The third-order valence-electron chi connectivity index (χ3n) is 2.79. The molecule has 3 N–H and O–H groups in total. The van der Waals surface area contributed by atoms with E-state index in [1.165, 1.54) is 23.5 Å². The van der Waals surface area contributed by atoms with Crippen molar-refractivity contribution < 1.29 is 13.3 Å².